The third-order valence-corrected chi connectivity index (χ3v) is 5.62. The fraction of sp³-hybridized carbons (Fsp3) is 0.667. The quantitative estimate of drug-likeness (QED) is 0.768. The molecule has 0 saturated heterocycles. The fourth-order valence-electron chi connectivity index (χ4n) is 5.24. The standard InChI is InChI=1S/C18H24O/c1-2-13-4-3-5-17(9-13)19-18-10-14-6-15(11-18)8-16(7-14)12-18/h3-5,9,14-16H,2,6-8,10-12H2,1H3. The van der Waals surface area contributed by atoms with Gasteiger partial charge in [0, 0.05) is 0 Å². The molecule has 4 aliphatic carbocycles. The van der Waals surface area contributed by atoms with Crippen molar-refractivity contribution in [2.45, 2.75) is 57.5 Å². The molecule has 1 nitrogen and oxygen atoms in total. The highest BCUT2D eigenvalue weighted by Crippen LogP contribution is 2.57. The van der Waals surface area contributed by atoms with Crippen LogP contribution >= 0.6 is 0 Å². The number of ether oxygens (including phenoxy) is 1. The number of hydrogen-bond acceptors (Lipinski definition) is 1. The minimum Gasteiger partial charge on any atom is -0.487 e. The van der Waals surface area contributed by atoms with Crippen LogP contribution in [0.2, 0.25) is 0 Å². The molecule has 1 aromatic rings. The zero-order chi connectivity index (χ0) is 12.9. The van der Waals surface area contributed by atoms with E-state index in [4.69, 9.17) is 4.74 Å². The van der Waals surface area contributed by atoms with Crippen molar-refractivity contribution in [3.05, 3.63) is 29.8 Å². The maximum absolute atomic E-state index is 6.56. The number of rotatable bonds is 3. The van der Waals surface area contributed by atoms with E-state index >= 15 is 0 Å². The summed E-state index contributed by atoms with van der Waals surface area (Å²) in [5.74, 6) is 3.99. The number of aryl methyl sites for hydroxylation is 1. The van der Waals surface area contributed by atoms with E-state index in [0.717, 1.165) is 29.9 Å². The maximum Gasteiger partial charge on any atom is 0.120 e. The normalized spacial score (nSPS) is 39.5. The average molecular weight is 256 g/mol. The molecule has 4 bridgehead atoms. The second-order valence-electron chi connectivity index (χ2n) is 7.20. The van der Waals surface area contributed by atoms with Gasteiger partial charge in [0.25, 0.3) is 0 Å². The highest BCUT2D eigenvalue weighted by Gasteiger charge is 2.52. The first-order chi connectivity index (χ1) is 9.25. The van der Waals surface area contributed by atoms with Crippen LogP contribution in [0.1, 0.15) is 51.0 Å². The SMILES string of the molecule is CCc1cccc(OC23CC4CC(CC(C4)C2)C3)c1. The van der Waals surface area contributed by atoms with Gasteiger partial charge in [-0.2, -0.15) is 0 Å². The van der Waals surface area contributed by atoms with Crippen molar-refractivity contribution >= 4 is 0 Å². The van der Waals surface area contributed by atoms with Crippen molar-refractivity contribution in [3.8, 4) is 5.75 Å². The average Bonchev–Trinajstić information content (AvgIpc) is 2.36. The summed E-state index contributed by atoms with van der Waals surface area (Å²) in [6.45, 7) is 2.21. The first-order valence-corrected chi connectivity index (χ1v) is 8.03. The largest absolute Gasteiger partial charge is 0.487 e. The Bertz CT molecular complexity index is 441. The summed E-state index contributed by atoms with van der Waals surface area (Å²) < 4.78 is 6.56. The van der Waals surface area contributed by atoms with E-state index in [9.17, 15) is 0 Å². The van der Waals surface area contributed by atoms with Crippen molar-refractivity contribution in [2.75, 3.05) is 0 Å². The van der Waals surface area contributed by atoms with E-state index < -0.39 is 0 Å². The van der Waals surface area contributed by atoms with Gasteiger partial charge < -0.3 is 4.74 Å². The summed E-state index contributed by atoms with van der Waals surface area (Å²) in [6, 6.07) is 8.75. The Labute approximate surface area is 116 Å². The van der Waals surface area contributed by atoms with E-state index in [-0.39, 0.29) is 5.60 Å². The lowest BCUT2D eigenvalue weighted by Crippen LogP contribution is -2.53. The Morgan fingerprint density at radius 1 is 1.05 bits per heavy atom. The molecule has 102 valence electrons. The van der Waals surface area contributed by atoms with Gasteiger partial charge in [-0.15, -0.1) is 0 Å². The van der Waals surface area contributed by atoms with Crippen LogP contribution in [0.3, 0.4) is 0 Å². The Morgan fingerprint density at radius 3 is 2.26 bits per heavy atom. The van der Waals surface area contributed by atoms with Crippen molar-refractivity contribution in [2.24, 2.45) is 17.8 Å². The summed E-state index contributed by atoms with van der Waals surface area (Å²) in [5.41, 5.74) is 1.59. The molecule has 19 heavy (non-hydrogen) atoms. The highest BCUT2D eigenvalue weighted by atomic mass is 16.5. The van der Waals surface area contributed by atoms with Gasteiger partial charge in [0.15, 0.2) is 0 Å². The Hall–Kier alpha value is -0.980. The summed E-state index contributed by atoms with van der Waals surface area (Å²) in [7, 11) is 0. The van der Waals surface area contributed by atoms with Gasteiger partial charge in [0.2, 0.25) is 0 Å². The van der Waals surface area contributed by atoms with Gasteiger partial charge in [-0.25, -0.2) is 0 Å². The third kappa shape index (κ3) is 2.07. The van der Waals surface area contributed by atoms with E-state index in [2.05, 4.69) is 31.2 Å². The van der Waals surface area contributed by atoms with E-state index in [1.165, 1.54) is 44.1 Å². The molecule has 0 aromatic heterocycles. The van der Waals surface area contributed by atoms with Crippen molar-refractivity contribution in [1.82, 2.24) is 0 Å². The molecule has 0 spiro atoms. The second kappa shape index (κ2) is 4.26. The Kier molecular flexibility index (Phi) is 2.65. The van der Waals surface area contributed by atoms with Gasteiger partial charge >= 0.3 is 0 Å². The molecule has 1 aromatic carbocycles. The molecule has 0 heterocycles. The van der Waals surface area contributed by atoms with E-state index in [1.54, 1.807) is 0 Å². The lowest BCUT2D eigenvalue weighted by molar-refractivity contribution is -0.107. The molecular formula is C18H24O. The lowest BCUT2D eigenvalue weighted by Gasteiger charge is -2.56. The summed E-state index contributed by atoms with van der Waals surface area (Å²) in [5, 5.41) is 0. The van der Waals surface area contributed by atoms with Gasteiger partial charge in [-0.3, -0.25) is 0 Å². The third-order valence-electron chi connectivity index (χ3n) is 5.62. The topological polar surface area (TPSA) is 9.23 Å². The molecule has 0 N–H and O–H groups in total. The molecule has 0 radical (unpaired) electrons. The summed E-state index contributed by atoms with van der Waals surface area (Å²) >= 11 is 0. The molecule has 0 unspecified atom stereocenters. The van der Waals surface area contributed by atoms with E-state index in [0.29, 0.717) is 0 Å². The van der Waals surface area contributed by atoms with Crippen molar-refractivity contribution in [3.63, 3.8) is 0 Å². The van der Waals surface area contributed by atoms with Crippen molar-refractivity contribution < 1.29 is 4.74 Å². The van der Waals surface area contributed by atoms with Crippen LogP contribution in [0.15, 0.2) is 24.3 Å². The molecule has 0 aliphatic heterocycles. The van der Waals surface area contributed by atoms with Gasteiger partial charge in [0.05, 0.1) is 0 Å². The Balaban J connectivity index is 1.58. The minimum atomic E-state index is 0.196. The molecule has 4 saturated carbocycles. The van der Waals surface area contributed by atoms with Gasteiger partial charge in [-0.1, -0.05) is 19.1 Å². The van der Waals surface area contributed by atoms with Gasteiger partial charge in [-0.05, 0) is 80.4 Å². The van der Waals surface area contributed by atoms with Crippen LogP contribution in [0, 0.1) is 17.8 Å². The van der Waals surface area contributed by atoms with Crippen molar-refractivity contribution in [1.29, 1.82) is 0 Å². The predicted octanol–water partition coefficient (Wildman–Crippen LogP) is 4.60. The zero-order valence-corrected chi connectivity index (χ0v) is 11.9. The predicted molar refractivity (Wildman–Crippen MR) is 77.4 cm³/mol. The van der Waals surface area contributed by atoms with Crippen LogP contribution in [0.4, 0.5) is 0 Å². The lowest BCUT2D eigenvalue weighted by atomic mass is 9.54. The smallest absolute Gasteiger partial charge is 0.120 e. The number of hydrogen-bond donors (Lipinski definition) is 0. The molecule has 4 fully saturated rings. The number of benzene rings is 1. The van der Waals surface area contributed by atoms with E-state index in [1.807, 2.05) is 0 Å². The van der Waals surface area contributed by atoms with Crippen LogP contribution in [-0.4, -0.2) is 5.60 Å². The first kappa shape index (κ1) is 11.8. The second-order valence-corrected chi connectivity index (χ2v) is 7.20. The summed E-state index contributed by atoms with van der Waals surface area (Å²) in [6.07, 6.45) is 9.49. The molecule has 0 atom stereocenters. The van der Waals surface area contributed by atoms with Crippen LogP contribution in [0.5, 0.6) is 5.75 Å². The van der Waals surface area contributed by atoms with Crippen LogP contribution in [0.25, 0.3) is 0 Å². The first-order valence-electron chi connectivity index (χ1n) is 8.03. The molecular weight excluding hydrogens is 232 g/mol. The maximum atomic E-state index is 6.56. The zero-order valence-electron chi connectivity index (χ0n) is 11.9. The molecule has 4 aliphatic rings. The van der Waals surface area contributed by atoms with Crippen LogP contribution < -0.4 is 4.74 Å². The minimum absolute atomic E-state index is 0.196. The monoisotopic (exact) mass is 256 g/mol. The highest BCUT2D eigenvalue weighted by molar-refractivity contribution is 5.29. The summed E-state index contributed by atoms with van der Waals surface area (Å²) in [4.78, 5) is 0. The molecule has 1 heteroatoms. The van der Waals surface area contributed by atoms with Crippen LogP contribution in [-0.2, 0) is 6.42 Å². The molecule has 5 rings (SSSR count). The molecule has 0 amide bonds. The Morgan fingerprint density at radius 2 is 1.68 bits per heavy atom. The van der Waals surface area contributed by atoms with Gasteiger partial charge in [0.1, 0.15) is 11.4 Å². The fourth-order valence-corrected chi connectivity index (χ4v) is 5.24.